The number of carbonyl (C=O) groups is 1. The van der Waals surface area contributed by atoms with E-state index in [1.807, 2.05) is 23.6 Å². The van der Waals surface area contributed by atoms with Gasteiger partial charge >= 0.3 is 5.97 Å². The number of rotatable bonds is 3. The molecular formula is C12H12O3S. The molecule has 1 aromatic heterocycles. The Labute approximate surface area is 97.3 Å². The molecule has 0 fully saturated rings. The molecule has 84 valence electrons. The van der Waals surface area contributed by atoms with E-state index in [0.29, 0.717) is 5.56 Å². The summed E-state index contributed by atoms with van der Waals surface area (Å²) in [7, 11) is 0. The van der Waals surface area contributed by atoms with Gasteiger partial charge in [-0.2, -0.15) is 0 Å². The molecular weight excluding hydrogens is 224 g/mol. The normalized spacial score (nSPS) is 12.6. The number of benzene rings is 1. The second-order valence-corrected chi connectivity index (χ2v) is 4.26. The molecule has 0 saturated heterocycles. The van der Waals surface area contributed by atoms with Crippen LogP contribution >= 0.6 is 11.3 Å². The third-order valence-corrected chi connectivity index (χ3v) is 3.29. The zero-order valence-corrected chi connectivity index (χ0v) is 9.66. The molecule has 0 radical (unpaired) electrons. The number of carbonyl (C=O) groups excluding carboxylic acids is 1. The minimum atomic E-state index is -1.19. The Balaban J connectivity index is 2.39. The lowest BCUT2D eigenvalue weighted by Crippen LogP contribution is -2.15. The van der Waals surface area contributed by atoms with Gasteiger partial charge < -0.3 is 9.84 Å². The number of hydrogen-bond donors (Lipinski definition) is 1. The molecule has 0 saturated carbocycles. The first-order valence-corrected chi connectivity index (χ1v) is 5.93. The first kappa shape index (κ1) is 11.1. The van der Waals surface area contributed by atoms with E-state index >= 15 is 0 Å². The average Bonchev–Trinajstić information content (AvgIpc) is 2.76. The van der Waals surface area contributed by atoms with Crippen LogP contribution in [0.25, 0.3) is 10.1 Å². The lowest BCUT2D eigenvalue weighted by molar-refractivity contribution is -0.153. The SMILES string of the molecule is CCOC(=O)C(O)c1cccc2ccsc12. The molecule has 0 amide bonds. The quantitative estimate of drug-likeness (QED) is 0.833. The Morgan fingerprint density at radius 2 is 2.31 bits per heavy atom. The number of esters is 1. The van der Waals surface area contributed by atoms with Crippen molar-refractivity contribution in [1.82, 2.24) is 0 Å². The molecule has 3 nitrogen and oxygen atoms in total. The predicted molar refractivity (Wildman–Crippen MR) is 63.4 cm³/mol. The molecule has 2 aromatic rings. The van der Waals surface area contributed by atoms with Gasteiger partial charge in [0.1, 0.15) is 0 Å². The molecule has 16 heavy (non-hydrogen) atoms. The average molecular weight is 236 g/mol. The van der Waals surface area contributed by atoms with Gasteiger partial charge in [-0.1, -0.05) is 18.2 Å². The van der Waals surface area contributed by atoms with E-state index in [0.717, 1.165) is 10.1 Å². The maximum atomic E-state index is 11.4. The van der Waals surface area contributed by atoms with Crippen LogP contribution in [-0.4, -0.2) is 17.7 Å². The molecule has 2 rings (SSSR count). The monoisotopic (exact) mass is 236 g/mol. The molecule has 0 bridgehead atoms. The van der Waals surface area contributed by atoms with Gasteiger partial charge in [0.15, 0.2) is 6.10 Å². The fraction of sp³-hybridized carbons (Fsp3) is 0.250. The number of aliphatic hydroxyl groups excluding tert-OH is 1. The van der Waals surface area contributed by atoms with E-state index in [9.17, 15) is 9.90 Å². The Morgan fingerprint density at radius 3 is 3.06 bits per heavy atom. The van der Waals surface area contributed by atoms with Crippen molar-refractivity contribution in [3.8, 4) is 0 Å². The summed E-state index contributed by atoms with van der Waals surface area (Å²) in [5.41, 5.74) is 0.617. The first-order valence-electron chi connectivity index (χ1n) is 5.05. The smallest absolute Gasteiger partial charge is 0.339 e. The van der Waals surface area contributed by atoms with Gasteiger partial charge in [0.2, 0.25) is 0 Å². The summed E-state index contributed by atoms with van der Waals surface area (Å²) < 4.78 is 5.73. The van der Waals surface area contributed by atoms with Crippen molar-refractivity contribution in [3.63, 3.8) is 0 Å². The summed E-state index contributed by atoms with van der Waals surface area (Å²) in [5.74, 6) is -0.594. The Morgan fingerprint density at radius 1 is 1.50 bits per heavy atom. The highest BCUT2D eigenvalue weighted by Crippen LogP contribution is 2.29. The van der Waals surface area contributed by atoms with Crippen LogP contribution in [0.1, 0.15) is 18.6 Å². The van der Waals surface area contributed by atoms with Gasteiger partial charge in [-0.3, -0.25) is 0 Å². The second-order valence-electron chi connectivity index (χ2n) is 3.34. The fourth-order valence-corrected chi connectivity index (χ4v) is 2.52. The van der Waals surface area contributed by atoms with Crippen LogP contribution in [0.5, 0.6) is 0 Å². The summed E-state index contributed by atoms with van der Waals surface area (Å²) in [5, 5.41) is 12.8. The van der Waals surface area contributed by atoms with Crippen molar-refractivity contribution in [2.45, 2.75) is 13.0 Å². The van der Waals surface area contributed by atoms with Crippen LogP contribution in [0.4, 0.5) is 0 Å². The van der Waals surface area contributed by atoms with Crippen LogP contribution in [0, 0.1) is 0 Å². The van der Waals surface area contributed by atoms with E-state index in [4.69, 9.17) is 4.74 Å². The Hall–Kier alpha value is -1.39. The van der Waals surface area contributed by atoms with E-state index in [1.165, 1.54) is 11.3 Å². The molecule has 4 heteroatoms. The highest BCUT2D eigenvalue weighted by Gasteiger charge is 2.20. The fourth-order valence-electron chi connectivity index (χ4n) is 1.58. The van der Waals surface area contributed by atoms with Crippen molar-refractivity contribution >= 4 is 27.4 Å². The molecule has 1 aromatic carbocycles. The van der Waals surface area contributed by atoms with E-state index < -0.39 is 12.1 Å². The van der Waals surface area contributed by atoms with Gasteiger partial charge in [0.05, 0.1) is 6.61 Å². The van der Waals surface area contributed by atoms with Crippen molar-refractivity contribution in [2.24, 2.45) is 0 Å². The molecule has 1 unspecified atom stereocenters. The van der Waals surface area contributed by atoms with Crippen molar-refractivity contribution in [1.29, 1.82) is 0 Å². The van der Waals surface area contributed by atoms with Crippen LogP contribution in [-0.2, 0) is 9.53 Å². The standard InChI is InChI=1S/C12H12O3S/c1-2-15-12(14)10(13)9-5-3-4-8-6-7-16-11(8)9/h3-7,10,13H,2H2,1H3. The minimum Gasteiger partial charge on any atom is -0.464 e. The van der Waals surface area contributed by atoms with Crippen LogP contribution in [0.2, 0.25) is 0 Å². The number of fused-ring (bicyclic) bond motifs is 1. The largest absolute Gasteiger partial charge is 0.464 e. The maximum absolute atomic E-state index is 11.4. The zero-order valence-electron chi connectivity index (χ0n) is 8.84. The number of aliphatic hydroxyl groups is 1. The minimum absolute atomic E-state index is 0.274. The first-order chi connectivity index (χ1) is 7.74. The van der Waals surface area contributed by atoms with Gasteiger partial charge in [-0.25, -0.2) is 4.79 Å². The lowest BCUT2D eigenvalue weighted by atomic mass is 10.1. The molecule has 0 aliphatic carbocycles. The predicted octanol–water partition coefficient (Wildman–Crippen LogP) is 2.50. The van der Waals surface area contributed by atoms with E-state index in [1.54, 1.807) is 13.0 Å². The summed E-state index contributed by atoms with van der Waals surface area (Å²) >= 11 is 1.51. The van der Waals surface area contributed by atoms with Gasteiger partial charge in [0.25, 0.3) is 0 Å². The topological polar surface area (TPSA) is 46.5 Å². The Kier molecular flexibility index (Phi) is 3.22. The third kappa shape index (κ3) is 1.94. The molecule has 1 atom stereocenters. The molecule has 1 N–H and O–H groups in total. The molecule has 0 aliphatic heterocycles. The van der Waals surface area contributed by atoms with E-state index in [-0.39, 0.29) is 6.61 Å². The molecule has 1 heterocycles. The van der Waals surface area contributed by atoms with Gasteiger partial charge in [-0.05, 0) is 23.8 Å². The highest BCUT2D eigenvalue weighted by atomic mass is 32.1. The van der Waals surface area contributed by atoms with E-state index in [2.05, 4.69) is 0 Å². The van der Waals surface area contributed by atoms with Crippen LogP contribution < -0.4 is 0 Å². The molecule has 0 aliphatic rings. The lowest BCUT2D eigenvalue weighted by Gasteiger charge is -2.10. The van der Waals surface area contributed by atoms with Crippen LogP contribution in [0.3, 0.4) is 0 Å². The zero-order chi connectivity index (χ0) is 11.5. The third-order valence-electron chi connectivity index (χ3n) is 2.31. The summed E-state index contributed by atoms with van der Waals surface area (Å²) in [6, 6.07) is 7.49. The van der Waals surface area contributed by atoms with Crippen molar-refractivity contribution in [3.05, 3.63) is 35.2 Å². The number of thiophene rings is 1. The Bertz CT molecular complexity index is 504. The van der Waals surface area contributed by atoms with Crippen molar-refractivity contribution in [2.75, 3.05) is 6.61 Å². The van der Waals surface area contributed by atoms with Gasteiger partial charge in [0, 0.05) is 10.3 Å². The highest BCUT2D eigenvalue weighted by molar-refractivity contribution is 7.17. The summed E-state index contributed by atoms with van der Waals surface area (Å²) in [4.78, 5) is 11.4. The number of ether oxygens (including phenoxy) is 1. The second kappa shape index (κ2) is 4.63. The van der Waals surface area contributed by atoms with Crippen LogP contribution in [0.15, 0.2) is 29.6 Å². The summed E-state index contributed by atoms with van der Waals surface area (Å²) in [6.07, 6.45) is -1.19. The summed E-state index contributed by atoms with van der Waals surface area (Å²) in [6.45, 7) is 1.99. The maximum Gasteiger partial charge on any atom is 0.339 e. The van der Waals surface area contributed by atoms with Gasteiger partial charge in [-0.15, -0.1) is 11.3 Å². The van der Waals surface area contributed by atoms with Crippen molar-refractivity contribution < 1.29 is 14.6 Å². The number of hydrogen-bond acceptors (Lipinski definition) is 4. The molecule has 0 spiro atoms.